The van der Waals surface area contributed by atoms with E-state index in [-0.39, 0.29) is 19.1 Å². The molecule has 1 amide bonds. The van der Waals surface area contributed by atoms with Gasteiger partial charge in [-0.1, -0.05) is 72.5 Å². The quantitative estimate of drug-likeness (QED) is 0.437. The van der Waals surface area contributed by atoms with Gasteiger partial charge in [0.05, 0.1) is 7.11 Å². The van der Waals surface area contributed by atoms with Gasteiger partial charge < -0.3 is 19.5 Å². The number of benzene rings is 3. The Hall–Kier alpha value is -4.19. The molecule has 0 heterocycles. The van der Waals surface area contributed by atoms with E-state index in [9.17, 15) is 4.79 Å². The van der Waals surface area contributed by atoms with Crippen molar-refractivity contribution in [3.8, 4) is 47.3 Å². The van der Waals surface area contributed by atoms with E-state index in [0.29, 0.717) is 24.5 Å². The monoisotopic (exact) mass is 453 g/mol. The Labute approximate surface area is 201 Å². The van der Waals surface area contributed by atoms with E-state index in [1.165, 1.54) is 0 Å². The van der Waals surface area contributed by atoms with Crippen LogP contribution in [0, 0.1) is 24.7 Å². The average Bonchev–Trinajstić information content (AvgIpc) is 2.89. The van der Waals surface area contributed by atoms with Crippen molar-refractivity contribution in [3.63, 3.8) is 0 Å². The summed E-state index contributed by atoms with van der Waals surface area (Å²) in [7, 11) is 1.57. The molecule has 0 spiro atoms. The van der Waals surface area contributed by atoms with Crippen molar-refractivity contribution in [1.82, 2.24) is 5.32 Å². The number of carbonyl (C=O) groups is 1. The summed E-state index contributed by atoms with van der Waals surface area (Å²) in [5.41, 5.74) is 3.89. The van der Waals surface area contributed by atoms with Crippen LogP contribution >= 0.6 is 0 Å². The molecular weight excluding hydrogens is 426 g/mol. The highest BCUT2D eigenvalue weighted by molar-refractivity contribution is 5.82. The summed E-state index contributed by atoms with van der Waals surface area (Å²) in [6.07, 6.45) is 10.4. The molecule has 1 atom stereocenters. The third-order valence-corrected chi connectivity index (χ3v) is 5.14. The summed E-state index contributed by atoms with van der Waals surface area (Å²) in [4.78, 5) is 12.9. The van der Waals surface area contributed by atoms with Gasteiger partial charge in [-0.15, -0.1) is 12.8 Å². The first-order valence-corrected chi connectivity index (χ1v) is 10.9. The van der Waals surface area contributed by atoms with Gasteiger partial charge in [-0.3, -0.25) is 4.79 Å². The number of carbonyl (C=O) groups excluding carboxylic acids is 1. The minimum absolute atomic E-state index is 0.0365. The zero-order valence-electron chi connectivity index (χ0n) is 19.1. The van der Waals surface area contributed by atoms with Crippen LogP contribution in [0.25, 0.3) is 11.1 Å². The van der Waals surface area contributed by atoms with Crippen molar-refractivity contribution in [1.29, 1.82) is 0 Å². The van der Waals surface area contributed by atoms with Gasteiger partial charge in [-0.25, -0.2) is 0 Å². The molecule has 0 aromatic heterocycles. The van der Waals surface area contributed by atoms with Crippen molar-refractivity contribution in [3.05, 3.63) is 83.9 Å². The molecule has 0 aliphatic heterocycles. The minimum atomic E-state index is -0.796. The Balaban J connectivity index is 1.63. The predicted molar refractivity (Wildman–Crippen MR) is 133 cm³/mol. The first-order valence-electron chi connectivity index (χ1n) is 10.9. The number of hydrogen-bond donors (Lipinski definition) is 1. The molecule has 172 valence electrons. The molecule has 5 nitrogen and oxygen atoms in total. The Morgan fingerprint density at radius 1 is 0.912 bits per heavy atom. The summed E-state index contributed by atoms with van der Waals surface area (Å²) in [6, 6.07) is 23.3. The lowest BCUT2D eigenvalue weighted by atomic mass is 10.0. The molecule has 1 unspecified atom stereocenters. The largest absolute Gasteiger partial charge is 0.493 e. The maximum absolute atomic E-state index is 12.9. The SMILES string of the molecule is C#CCOc1ccc(CCNC(=O)C(OCC#C)c2ccc(-c3ccccc3)cc2)cc1OC. The van der Waals surface area contributed by atoms with Gasteiger partial charge in [0.25, 0.3) is 5.91 Å². The number of methoxy groups -OCH3 is 1. The summed E-state index contributed by atoms with van der Waals surface area (Å²) >= 11 is 0. The zero-order chi connectivity index (χ0) is 24.2. The first-order chi connectivity index (χ1) is 16.7. The smallest absolute Gasteiger partial charge is 0.253 e. The van der Waals surface area contributed by atoms with Crippen molar-refractivity contribution in [2.45, 2.75) is 12.5 Å². The van der Waals surface area contributed by atoms with Crippen LogP contribution in [0.3, 0.4) is 0 Å². The molecule has 34 heavy (non-hydrogen) atoms. The lowest BCUT2D eigenvalue weighted by molar-refractivity contribution is -0.132. The van der Waals surface area contributed by atoms with Gasteiger partial charge in [-0.05, 0) is 40.8 Å². The highest BCUT2D eigenvalue weighted by atomic mass is 16.5. The van der Waals surface area contributed by atoms with Gasteiger partial charge in [0.1, 0.15) is 13.2 Å². The summed E-state index contributed by atoms with van der Waals surface area (Å²) in [5.74, 6) is 5.79. The normalized spacial score (nSPS) is 11.0. The molecular formula is C29H27NO4. The maximum atomic E-state index is 12.9. The third-order valence-electron chi connectivity index (χ3n) is 5.14. The fraction of sp³-hybridized carbons (Fsp3) is 0.207. The van der Waals surface area contributed by atoms with E-state index in [0.717, 1.165) is 22.3 Å². The van der Waals surface area contributed by atoms with E-state index in [1.807, 2.05) is 66.7 Å². The van der Waals surface area contributed by atoms with Crippen LogP contribution in [0.4, 0.5) is 0 Å². The Morgan fingerprint density at radius 3 is 2.29 bits per heavy atom. The lowest BCUT2D eigenvalue weighted by Gasteiger charge is -2.18. The number of terminal acetylenes is 2. The van der Waals surface area contributed by atoms with Crippen LogP contribution in [-0.4, -0.2) is 32.8 Å². The van der Waals surface area contributed by atoms with Crippen LogP contribution in [0.5, 0.6) is 11.5 Å². The number of amides is 1. The third kappa shape index (κ3) is 6.65. The molecule has 0 aliphatic carbocycles. The van der Waals surface area contributed by atoms with Crippen LogP contribution < -0.4 is 14.8 Å². The zero-order valence-corrected chi connectivity index (χ0v) is 19.1. The molecule has 3 rings (SSSR count). The molecule has 0 saturated heterocycles. The average molecular weight is 454 g/mol. The molecule has 5 heteroatoms. The van der Waals surface area contributed by atoms with Crippen LogP contribution in [0.2, 0.25) is 0 Å². The Bertz CT molecular complexity index is 1160. The predicted octanol–water partition coefficient (Wildman–Crippen LogP) is 4.42. The number of rotatable bonds is 11. The molecule has 0 aliphatic rings. The van der Waals surface area contributed by atoms with Gasteiger partial charge in [0.2, 0.25) is 0 Å². The van der Waals surface area contributed by atoms with E-state index < -0.39 is 6.10 Å². The molecule has 0 saturated carbocycles. The fourth-order valence-electron chi connectivity index (χ4n) is 3.46. The van der Waals surface area contributed by atoms with E-state index in [4.69, 9.17) is 27.1 Å². The van der Waals surface area contributed by atoms with Gasteiger partial charge in [0.15, 0.2) is 17.6 Å². The molecule has 0 bridgehead atoms. The first kappa shape index (κ1) is 24.5. The van der Waals surface area contributed by atoms with E-state index in [2.05, 4.69) is 17.2 Å². The standard InChI is InChI=1S/C29H27NO4/c1-4-19-33-26-16-11-22(21-27(26)32-3)17-18-30-29(31)28(34-20-5-2)25-14-12-24(13-15-25)23-9-7-6-8-10-23/h1-2,6-16,21,28H,17-20H2,3H3,(H,30,31). The maximum Gasteiger partial charge on any atom is 0.253 e. The molecule has 3 aromatic rings. The summed E-state index contributed by atoms with van der Waals surface area (Å²) in [5, 5.41) is 2.94. The van der Waals surface area contributed by atoms with Gasteiger partial charge in [0, 0.05) is 6.54 Å². The van der Waals surface area contributed by atoms with Crippen LogP contribution in [0.15, 0.2) is 72.8 Å². The molecule has 0 fully saturated rings. The number of ether oxygens (including phenoxy) is 3. The van der Waals surface area contributed by atoms with E-state index >= 15 is 0 Å². The topological polar surface area (TPSA) is 56.8 Å². The van der Waals surface area contributed by atoms with Crippen molar-refractivity contribution >= 4 is 5.91 Å². The molecule has 0 radical (unpaired) electrons. The fourth-order valence-corrected chi connectivity index (χ4v) is 3.46. The van der Waals surface area contributed by atoms with Crippen molar-refractivity contribution in [2.24, 2.45) is 0 Å². The lowest BCUT2D eigenvalue weighted by Crippen LogP contribution is -2.32. The number of hydrogen-bond acceptors (Lipinski definition) is 4. The van der Waals surface area contributed by atoms with Crippen LogP contribution in [-0.2, 0) is 16.0 Å². The summed E-state index contributed by atoms with van der Waals surface area (Å²) in [6.45, 7) is 0.622. The van der Waals surface area contributed by atoms with Crippen molar-refractivity contribution < 1.29 is 19.0 Å². The van der Waals surface area contributed by atoms with Gasteiger partial charge >= 0.3 is 0 Å². The van der Waals surface area contributed by atoms with Crippen LogP contribution in [0.1, 0.15) is 17.2 Å². The second kappa shape index (κ2) is 12.7. The Morgan fingerprint density at radius 2 is 1.62 bits per heavy atom. The second-order valence-electron chi connectivity index (χ2n) is 7.40. The number of nitrogens with one attached hydrogen (secondary N) is 1. The van der Waals surface area contributed by atoms with E-state index in [1.54, 1.807) is 13.2 Å². The van der Waals surface area contributed by atoms with Gasteiger partial charge in [-0.2, -0.15) is 0 Å². The highest BCUT2D eigenvalue weighted by Crippen LogP contribution is 2.28. The highest BCUT2D eigenvalue weighted by Gasteiger charge is 2.21. The second-order valence-corrected chi connectivity index (χ2v) is 7.40. The minimum Gasteiger partial charge on any atom is -0.493 e. The Kier molecular flexibility index (Phi) is 9.17. The molecule has 1 N–H and O–H groups in total. The van der Waals surface area contributed by atoms with Crippen molar-refractivity contribution in [2.75, 3.05) is 26.9 Å². The summed E-state index contributed by atoms with van der Waals surface area (Å²) < 4.78 is 16.5. The molecule has 3 aromatic carbocycles.